The SMILES string of the molecule is CC(C)C[C@H](N)C(=O)[C@H]1CO1. The monoisotopic (exact) mass is 157 g/mol. The number of rotatable bonds is 4. The zero-order chi connectivity index (χ0) is 8.43. The van der Waals surface area contributed by atoms with E-state index in [2.05, 4.69) is 13.8 Å². The van der Waals surface area contributed by atoms with Gasteiger partial charge in [-0.05, 0) is 12.3 Å². The number of epoxide rings is 1. The topological polar surface area (TPSA) is 55.6 Å². The molecule has 0 amide bonds. The van der Waals surface area contributed by atoms with Gasteiger partial charge in [0.1, 0.15) is 6.10 Å². The molecule has 0 aliphatic carbocycles. The first-order chi connectivity index (χ1) is 5.11. The lowest BCUT2D eigenvalue weighted by Gasteiger charge is -2.10. The Kier molecular flexibility index (Phi) is 2.62. The maximum absolute atomic E-state index is 11.2. The molecule has 1 rings (SSSR count). The minimum absolute atomic E-state index is 0.0682. The maximum Gasteiger partial charge on any atom is 0.180 e. The van der Waals surface area contributed by atoms with Gasteiger partial charge in [-0.3, -0.25) is 4.79 Å². The third kappa shape index (κ3) is 2.60. The van der Waals surface area contributed by atoms with Crippen LogP contribution in [0, 0.1) is 5.92 Å². The van der Waals surface area contributed by atoms with E-state index >= 15 is 0 Å². The van der Waals surface area contributed by atoms with Crippen LogP contribution in [0.4, 0.5) is 0 Å². The molecule has 0 radical (unpaired) electrons. The molecule has 1 saturated heterocycles. The maximum atomic E-state index is 11.2. The van der Waals surface area contributed by atoms with Crippen molar-refractivity contribution >= 4 is 5.78 Å². The fraction of sp³-hybridized carbons (Fsp3) is 0.875. The highest BCUT2D eigenvalue weighted by Gasteiger charge is 2.34. The van der Waals surface area contributed by atoms with E-state index in [-0.39, 0.29) is 17.9 Å². The van der Waals surface area contributed by atoms with E-state index in [9.17, 15) is 4.79 Å². The van der Waals surface area contributed by atoms with Gasteiger partial charge in [0.05, 0.1) is 12.6 Å². The molecule has 0 spiro atoms. The van der Waals surface area contributed by atoms with Crippen molar-refractivity contribution in [2.45, 2.75) is 32.4 Å². The summed E-state index contributed by atoms with van der Waals surface area (Å²) < 4.78 is 4.84. The molecule has 2 atom stereocenters. The summed E-state index contributed by atoms with van der Waals surface area (Å²) in [5.41, 5.74) is 5.63. The summed E-state index contributed by atoms with van der Waals surface area (Å²) in [5, 5.41) is 0. The Labute approximate surface area is 66.9 Å². The van der Waals surface area contributed by atoms with Crippen LogP contribution in [0.15, 0.2) is 0 Å². The fourth-order valence-electron chi connectivity index (χ4n) is 1.08. The van der Waals surface area contributed by atoms with Crippen LogP contribution >= 0.6 is 0 Å². The van der Waals surface area contributed by atoms with Gasteiger partial charge in [-0.25, -0.2) is 0 Å². The van der Waals surface area contributed by atoms with Gasteiger partial charge in [-0.1, -0.05) is 13.8 Å². The zero-order valence-corrected chi connectivity index (χ0v) is 7.04. The van der Waals surface area contributed by atoms with Crippen molar-refractivity contribution in [2.75, 3.05) is 6.61 Å². The number of carbonyl (C=O) groups is 1. The van der Waals surface area contributed by atoms with Crippen LogP contribution in [0.3, 0.4) is 0 Å². The molecule has 3 nitrogen and oxygen atoms in total. The Bertz CT molecular complexity index is 152. The Morgan fingerprint density at radius 3 is 2.64 bits per heavy atom. The predicted molar refractivity (Wildman–Crippen MR) is 42.2 cm³/mol. The van der Waals surface area contributed by atoms with Gasteiger partial charge in [0.15, 0.2) is 5.78 Å². The number of Topliss-reactive ketones (excluding diaryl/α,β-unsaturated/α-hetero) is 1. The third-order valence-corrected chi connectivity index (χ3v) is 1.74. The molecule has 1 aliphatic heterocycles. The minimum atomic E-state index is -0.317. The Morgan fingerprint density at radius 2 is 2.27 bits per heavy atom. The predicted octanol–water partition coefficient (Wildman–Crippen LogP) is 0.328. The summed E-state index contributed by atoms with van der Waals surface area (Å²) in [4.78, 5) is 11.2. The molecule has 1 fully saturated rings. The van der Waals surface area contributed by atoms with Crippen molar-refractivity contribution in [1.29, 1.82) is 0 Å². The summed E-state index contributed by atoms with van der Waals surface area (Å²) in [6.45, 7) is 4.69. The molecule has 64 valence electrons. The summed E-state index contributed by atoms with van der Waals surface area (Å²) in [7, 11) is 0. The highest BCUT2D eigenvalue weighted by atomic mass is 16.6. The second-order valence-corrected chi connectivity index (χ2v) is 3.46. The number of carbonyl (C=O) groups excluding carboxylic acids is 1. The summed E-state index contributed by atoms with van der Waals surface area (Å²) >= 11 is 0. The van der Waals surface area contributed by atoms with Gasteiger partial charge in [-0.2, -0.15) is 0 Å². The first-order valence-electron chi connectivity index (χ1n) is 4.02. The quantitative estimate of drug-likeness (QED) is 0.598. The summed E-state index contributed by atoms with van der Waals surface area (Å²) in [5.74, 6) is 0.548. The van der Waals surface area contributed by atoms with Crippen molar-refractivity contribution in [1.82, 2.24) is 0 Å². The normalized spacial score (nSPS) is 25.3. The lowest BCUT2D eigenvalue weighted by molar-refractivity contribution is -0.121. The van der Waals surface area contributed by atoms with Gasteiger partial charge in [0.25, 0.3) is 0 Å². The van der Waals surface area contributed by atoms with E-state index in [1.165, 1.54) is 0 Å². The van der Waals surface area contributed by atoms with Crippen LogP contribution in [0.2, 0.25) is 0 Å². The smallest absolute Gasteiger partial charge is 0.180 e. The van der Waals surface area contributed by atoms with Crippen LogP contribution in [-0.2, 0) is 9.53 Å². The molecular weight excluding hydrogens is 142 g/mol. The second kappa shape index (κ2) is 3.32. The van der Waals surface area contributed by atoms with E-state index in [4.69, 9.17) is 10.5 Å². The van der Waals surface area contributed by atoms with Crippen LogP contribution in [-0.4, -0.2) is 24.5 Å². The zero-order valence-electron chi connectivity index (χ0n) is 7.04. The summed E-state index contributed by atoms with van der Waals surface area (Å²) in [6, 6.07) is -0.317. The van der Waals surface area contributed by atoms with Crippen molar-refractivity contribution in [3.05, 3.63) is 0 Å². The summed E-state index contributed by atoms with van der Waals surface area (Å²) in [6.07, 6.45) is 0.586. The molecule has 0 unspecified atom stereocenters. The molecule has 2 N–H and O–H groups in total. The molecule has 1 heterocycles. The van der Waals surface area contributed by atoms with Crippen LogP contribution in [0.1, 0.15) is 20.3 Å². The van der Waals surface area contributed by atoms with E-state index in [1.807, 2.05) is 0 Å². The molecule has 0 saturated carbocycles. The Morgan fingerprint density at radius 1 is 1.73 bits per heavy atom. The standard InChI is InChI=1S/C8H15NO2/c1-5(2)3-6(9)8(10)7-4-11-7/h5-7H,3-4,9H2,1-2H3/t6-,7+/m0/s1. The number of hydrogen-bond acceptors (Lipinski definition) is 3. The third-order valence-electron chi connectivity index (χ3n) is 1.74. The van der Waals surface area contributed by atoms with Crippen molar-refractivity contribution in [2.24, 2.45) is 11.7 Å². The van der Waals surface area contributed by atoms with E-state index in [0.717, 1.165) is 6.42 Å². The molecule has 0 aromatic rings. The van der Waals surface area contributed by atoms with Gasteiger partial charge < -0.3 is 10.5 Å². The minimum Gasteiger partial charge on any atom is -0.365 e. The molecule has 3 heteroatoms. The lowest BCUT2D eigenvalue weighted by atomic mass is 10.00. The van der Waals surface area contributed by atoms with Crippen LogP contribution in [0.25, 0.3) is 0 Å². The van der Waals surface area contributed by atoms with E-state index in [0.29, 0.717) is 12.5 Å². The molecule has 0 bridgehead atoms. The van der Waals surface area contributed by atoms with E-state index < -0.39 is 0 Å². The molecule has 0 aromatic carbocycles. The average Bonchev–Trinajstić information content (AvgIpc) is 2.65. The van der Waals surface area contributed by atoms with Crippen molar-refractivity contribution in [3.8, 4) is 0 Å². The number of nitrogens with two attached hydrogens (primary N) is 1. The van der Waals surface area contributed by atoms with Gasteiger partial charge in [0.2, 0.25) is 0 Å². The van der Waals surface area contributed by atoms with Crippen molar-refractivity contribution < 1.29 is 9.53 Å². The second-order valence-electron chi connectivity index (χ2n) is 3.46. The highest BCUT2D eigenvalue weighted by Crippen LogP contribution is 2.14. The Hall–Kier alpha value is -0.410. The van der Waals surface area contributed by atoms with Crippen LogP contribution < -0.4 is 5.73 Å². The molecule has 1 aliphatic rings. The van der Waals surface area contributed by atoms with Gasteiger partial charge >= 0.3 is 0 Å². The fourth-order valence-corrected chi connectivity index (χ4v) is 1.08. The van der Waals surface area contributed by atoms with Crippen LogP contribution in [0.5, 0.6) is 0 Å². The number of ether oxygens (including phenoxy) is 1. The first kappa shape index (κ1) is 8.68. The number of hydrogen-bond donors (Lipinski definition) is 1. The van der Waals surface area contributed by atoms with Crippen molar-refractivity contribution in [3.63, 3.8) is 0 Å². The van der Waals surface area contributed by atoms with Gasteiger partial charge in [0, 0.05) is 0 Å². The molecule has 0 aromatic heterocycles. The average molecular weight is 157 g/mol. The Balaban J connectivity index is 2.27. The van der Waals surface area contributed by atoms with E-state index in [1.54, 1.807) is 0 Å². The first-order valence-corrected chi connectivity index (χ1v) is 4.02. The van der Waals surface area contributed by atoms with Gasteiger partial charge in [-0.15, -0.1) is 0 Å². The lowest BCUT2D eigenvalue weighted by Crippen LogP contribution is -2.35. The highest BCUT2D eigenvalue weighted by molar-refractivity contribution is 5.89. The number of ketones is 1. The largest absolute Gasteiger partial charge is 0.365 e. The molecular formula is C8H15NO2. The molecule has 11 heavy (non-hydrogen) atoms.